The zero-order chi connectivity index (χ0) is 15.7. The molecular weight excluding hydrogens is 298 g/mol. The summed E-state index contributed by atoms with van der Waals surface area (Å²) in [5.74, 6) is 0.112. The molecule has 0 radical (unpaired) electrons. The summed E-state index contributed by atoms with van der Waals surface area (Å²) < 4.78 is 0. The number of Topliss-reactive ketones (excluding diaryl/α,β-unsaturated/α-hetero) is 1. The van der Waals surface area contributed by atoms with Crippen molar-refractivity contribution in [3.8, 4) is 0 Å². The first-order valence-electron chi connectivity index (χ1n) is 7.43. The zero-order valence-electron chi connectivity index (χ0n) is 12.8. The molecule has 1 aliphatic heterocycles. The number of aromatic amines is 1. The van der Waals surface area contributed by atoms with E-state index in [-0.39, 0.29) is 24.5 Å². The first kappa shape index (κ1) is 15.0. The van der Waals surface area contributed by atoms with Crippen LogP contribution >= 0.6 is 11.3 Å². The van der Waals surface area contributed by atoms with Gasteiger partial charge in [0, 0.05) is 58.9 Å². The Labute approximate surface area is 133 Å². The van der Waals surface area contributed by atoms with Crippen molar-refractivity contribution in [1.82, 2.24) is 15.1 Å². The lowest BCUT2D eigenvalue weighted by molar-refractivity contribution is -0.132. The summed E-state index contributed by atoms with van der Waals surface area (Å²) in [6, 6.07) is 1.92. The van der Waals surface area contributed by atoms with E-state index in [9.17, 15) is 9.59 Å². The van der Waals surface area contributed by atoms with Crippen LogP contribution in [0.5, 0.6) is 0 Å². The van der Waals surface area contributed by atoms with Gasteiger partial charge in [-0.25, -0.2) is 0 Å². The molecule has 0 bridgehead atoms. The van der Waals surface area contributed by atoms with E-state index in [0.29, 0.717) is 13.1 Å². The lowest BCUT2D eigenvalue weighted by Gasteiger charge is -2.26. The van der Waals surface area contributed by atoms with Crippen molar-refractivity contribution in [2.45, 2.75) is 39.7 Å². The van der Waals surface area contributed by atoms with Gasteiger partial charge in [-0.05, 0) is 19.9 Å². The normalized spacial score (nSPS) is 14.0. The van der Waals surface area contributed by atoms with Gasteiger partial charge in [0.1, 0.15) is 0 Å². The van der Waals surface area contributed by atoms with Crippen LogP contribution in [0.15, 0.2) is 12.3 Å². The van der Waals surface area contributed by atoms with Crippen LogP contribution in [0.2, 0.25) is 0 Å². The van der Waals surface area contributed by atoms with Crippen molar-refractivity contribution in [2.75, 3.05) is 6.54 Å². The molecule has 5 nitrogen and oxygen atoms in total. The average molecular weight is 317 g/mol. The molecule has 0 aliphatic carbocycles. The fourth-order valence-electron chi connectivity index (χ4n) is 2.86. The predicted molar refractivity (Wildman–Crippen MR) is 85.1 cm³/mol. The highest BCUT2D eigenvalue weighted by molar-refractivity contribution is 7.12. The summed E-state index contributed by atoms with van der Waals surface area (Å²) >= 11 is 1.63. The predicted octanol–water partition coefficient (Wildman–Crippen LogP) is 2.64. The van der Waals surface area contributed by atoms with Crippen molar-refractivity contribution in [2.24, 2.45) is 0 Å². The molecule has 6 heteroatoms. The highest BCUT2D eigenvalue weighted by atomic mass is 32.1. The number of ketones is 1. The van der Waals surface area contributed by atoms with Gasteiger partial charge in [-0.1, -0.05) is 0 Å². The highest BCUT2D eigenvalue weighted by Crippen LogP contribution is 2.23. The molecule has 116 valence electrons. The van der Waals surface area contributed by atoms with Crippen molar-refractivity contribution in [3.63, 3.8) is 0 Å². The summed E-state index contributed by atoms with van der Waals surface area (Å²) in [4.78, 5) is 28.5. The minimum atomic E-state index is 0.0461. The van der Waals surface area contributed by atoms with Crippen LogP contribution in [0.3, 0.4) is 0 Å². The Morgan fingerprint density at radius 1 is 1.36 bits per heavy atom. The van der Waals surface area contributed by atoms with Crippen molar-refractivity contribution >= 4 is 23.0 Å². The molecule has 0 saturated carbocycles. The Kier molecular flexibility index (Phi) is 4.11. The SMILES string of the molecule is Cc1cc(C(=O)CCC(=O)N2CCc3[nH]ncc3C2)c(C)s1. The number of aromatic nitrogens is 2. The monoisotopic (exact) mass is 317 g/mol. The molecule has 3 rings (SSSR count). The number of aryl methyl sites for hydroxylation is 2. The first-order valence-corrected chi connectivity index (χ1v) is 8.25. The fraction of sp³-hybridized carbons (Fsp3) is 0.438. The van der Waals surface area contributed by atoms with Crippen LogP contribution in [0.1, 0.15) is 44.2 Å². The van der Waals surface area contributed by atoms with Crippen molar-refractivity contribution in [3.05, 3.63) is 38.8 Å². The van der Waals surface area contributed by atoms with Crippen LogP contribution in [-0.2, 0) is 17.8 Å². The number of hydrogen-bond donors (Lipinski definition) is 1. The van der Waals surface area contributed by atoms with Gasteiger partial charge >= 0.3 is 0 Å². The van der Waals surface area contributed by atoms with Gasteiger partial charge in [0.05, 0.1) is 6.20 Å². The number of amides is 1. The topological polar surface area (TPSA) is 66.1 Å². The second-order valence-corrected chi connectivity index (χ2v) is 7.15. The molecule has 2 aromatic rings. The third kappa shape index (κ3) is 2.97. The maximum Gasteiger partial charge on any atom is 0.223 e. The van der Waals surface area contributed by atoms with E-state index in [1.807, 2.05) is 24.8 Å². The summed E-state index contributed by atoms with van der Waals surface area (Å²) in [5.41, 5.74) is 2.96. The van der Waals surface area contributed by atoms with Gasteiger partial charge in [0.15, 0.2) is 5.78 Å². The number of nitrogens with zero attached hydrogens (tertiary/aromatic N) is 2. The summed E-state index contributed by atoms with van der Waals surface area (Å²) in [6.07, 6.45) is 3.14. The molecule has 0 unspecified atom stereocenters. The molecule has 0 fully saturated rings. The van der Waals surface area contributed by atoms with Gasteiger partial charge in [0.2, 0.25) is 5.91 Å². The molecular formula is C16H19N3O2S. The summed E-state index contributed by atoms with van der Waals surface area (Å²) in [5, 5.41) is 6.96. The second kappa shape index (κ2) is 6.04. The minimum absolute atomic E-state index is 0.0461. The van der Waals surface area contributed by atoms with Gasteiger partial charge < -0.3 is 4.90 Å². The molecule has 22 heavy (non-hydrogen) atoms. The summed E-state index contributed by atoms with van der Waals surface area (Å²) in [6.45, 7) is 5.24. The number of H-pyrrole nitrogens is 1. The molecule has 1 N–H and O–H groups in total. The number of thiophene rings is 1. The van der Waals surface area contributed by atoms with Gasteiger partial charge in [0.25, 0.3) is 0 Å². The zero-order valence-corrected chi connectivity index (χ0v) is 13.6. The Morgan fingerprint density at radius 2 is 2.18 bits per heavy atom. The maximum absolute atomic E-state index is 12.3. The number of hydrogen-bond acceptors (Lipinski definition) is 4. The lowest BCUT2D eigenvalue weighted by Crippen LogP contribution is -2.35. The molecule has 0 atom stereocenters. The molecule has 0 aromatic carbocycles. The number of nitrogens with one attached hydrogen (secondary N) is 1. The van der Waals surface area contributed by atoms with E-state index in [2.05, 4.69) is 10.2 Å². The average Bonchev–Trinajstić information content (AvgIpc) is 3.09. The van der Waals surface area contributed by atoms with Gasteiger partial charge in [-0.3, -0.25) is 14.7 Å². The molecule has 3 heterocycles. The van der Waals surface area contributed by atoms with Crippen LogP contribution in [-0.4, -0.2) is 33.3 Å². The van der Waals surface area contributed by atoms with Crippen LogP contribution in [0.4, 0.5) is 0 Å². The molecule has 2 aromatic heterocycles. The van der Waals surface area contributed by atoms with E-state index >= 15 is 0 Å². The van der Waals surface area contributed by atoms with Crippen LogP contribution in [0.25, 0.3) is 0 Å². The van der Waals surface area contributed by atoms with Gasteiger partial charge in [-0.2, -0.15) is 5.10 Å². The third-order valence-corrected chi connectivity index (χ3v) is 5.03. The number of fused-ring (bicyclic) bond motifs is 1. The maximum atomic E-state index is 12.3. The van der Waals surface area contributed by atoms with Crippen LogP contribution in [0, 0.1) is 13.8 Å². The standard InChI is InChI=1S/C16H19N3O2S/c1-10-7-13(11(2)22-10)15(20)3-4-16(21)19-6-5-14-12(9-19)8-17-18-14/h7-8H,3-6,9H2,1-2H3,(H,17,18). The Balaban J connectivity index is 1.57. The number of carbonyl (C=O) groups excluding carboxylic acids is 2. The lowest BCUT2D eigenvalue weighted by atomic mass is 10.1. The fourth-order valence-corrected chi connectivity index (χ4v) is 3.80. The molecule has 0 saturated heterocycles. The van der Waals surface area contributed by atoms with E-state index in [1.165, 1.54) is 0 Å². The Hall–Kier alpha value is -1.95. The Bertz CT molecular complexity index is 717. The van der Waals surface area contributed by atoms with E-state index in [1.54, 1.807) is 17.5 Å². The van der Waals surface area contributed by atoms with E-state index in [4.69, 9.17) is 0 Å². The second-order valence-electron chi connectivity index (χ2n) is 5.69. The van der Waals surface area contributed by atoms with E-state index in [0.717, 1.165) is 33.0 Å². The smallest absolute Gasteiger partial charge is 0.223 e. The quantitative estimate of drug-likeness (QED) is 0.882. The Morgan fingerprint density at radius 3 is 2.91 bits per heavy atom. The molecule has 0 spiro atoms. The third-order valence-electron chi connectivity index (χ3n) is 4.06. The minimum Gasteiger partial charge on any atom is -0.338 e. The number of carbonyl (C=O) groups is 2. The highest BCUT2D eigenvalue weighted by Gasteiger charge is 2.22. The first-order chi connectivity index (χ1) is 10.5. The van der Waals surface area contributed by atoms with Crippen molar-refractivity contribution < 1.29 is 9.59 Å². The van der Waals surface area contributed by atoms with E-state index < -0.39 is 0 Å². The van der Waals surface area contributed by atoms with Gasteiger partial charge in [-0.15, -0.1) is 11.3 Å². The number of rotatable bonds is 4. The summed E-state index contributed by atoms with van der Waals surface area (Å²) in [7, 11) is 0. The molecule has 1 aliphatic rings. The van der Waals surface area contributed by atoms with Crippen molar-refractivity contribution in [1.29, 1.82) is 0 Å². The molecule has 1 amide bonds. The van der Waals surface area contributed by atoms with Crippen LogP contribution < -0.4 is 0 Å². The largest absolute Gasteiger partial charge is 0.338 e.